The quantitative estimate of drug-likeness (QED) is 0.373. The van der Waals surface area contributed by atoms with Crippen LogP contribution in [0.5, 0.6) is 5.75 Å². The normalized spacial score (nSPS) is 16.4. The molecule has 0 spiro atoms. The number of rotatable bonds is 3. The number of urea groups is 1. The van der Waals surface area contributed by atoms with Crippen molar-refractivity contribution in [1.82, 2.24) is 19.8 Å². The van der Waals surface area contributed by atoms with Crippen LogP contribution in [0.2, 0.25) is 0 Å². The third-order valence-corrected chi connectivity index (χ3v) is 7.78. The summed E-state index contributed by atoms with van der Waals surface area (Å²) < 4.78 is 6.17. The second kappa shape index (κ2) is 9.92. The summed E-state index contributed by atoms with van der Waals surface area (Å²) in [6.07, 6.45) is 3.21. The lowest BCUT2D eigenvalue weighted by atomic mass is 9.90. The maximum Gasteiger partial charge on any atom is 0.320 e. The number of likely N-dealkylation sites (tertiary alicyclic amines) is 1. The Morgan fingerprint density at radius 2 is 1.78 bits per heavy atom. The highest BCUT2D eigenvalue weighted by molar-refractivity contribution is 5.82. The van der Waals surface area contributed by atoms with E-state index in [2.05, 4.69) is 77.6 Å². The highest BCUT2D eigenvalue weighted by Gasteiger charge is 2.29. The molecule has 6 nitrogen and oxygen atoms in total. The molecule has 0 atom stereocenters. The lowest BCUT2D eigenvalue weighted by Gasteiger charge is -2.35. The smallest absolute Gasteiger partial charge is 0.320 e. The number of amides is 2. The van der Waals surface area contributed by atoms with Crippen LogP contribution in [-0.4, -0.2) is 52.0 Å². The Labute approximate surface area is 218 Å². The van der Waals surface area contributed by atoms with Gasteiger partial charge < -0.3 is 19.5 Å². The third-order valence-electron chi connectivity index (χ3n) is 7.78. The fourth-order valence-electron chi connectivity index (χ4n) is 5.84. The molecule has 6 rings (SSSR count). The van der Waals surface area contributed by atoms with Gasteiger partial charge in [-0.05, 0) is 85.5 Å². The molecule has 6 heteroatoms. The lowest BCUT2D eigenvalue weighted by Crippen LogP contribution is -2.47. The van der Waals surface area contributed by atoms with E-state index in [1.54, 1.807) is 0 Å². The summed E-state index contributed by atoms with van der Waals surface area (Å²) in [5, 5.41) is 0. The number of H-pyrrole nitrogens is 1. The molecule has 2 aliphatic heterocycles. The monoisotopic (exact) mass is 494 g/mol. The van der Waals surface area contributed by atoms with Gasteiger partial charge in [0.2, 0.25) is 0 Å². The summed E-state index contributed by atoms with van der Waals surface area (Å²) >= 11 is 0. The van der Waals surface area contributed by atoms with Crippen LogP contribution in [0.3, 0.4) is 0 Å². The number of imidazole rings is 1. The topological polar surface area (TPSA) is 61.5 Å². The van der Waals surface area contributed by atoms with Gasteiger partial charge in [0.15, 0.2) is 0 Å². The maximum atomic E-state index is 13.6. The number of carbonyl (C=O) groups is 1. The molecule has 4 aromatic rings. The SMILES string of the molecule is Cc1nc2ccc(-c3cc(C)c4c(c3)CN(C(=O)N3CCC(Cc5ccccc5)CC3)CCO4)cc2[nH]1. The highest BCUT2D eigenvalue weighted by atomic mass is 16.5. The van der Waals surface area contributed by atoms with E-state index in [1.807, 2.05) is 16.7 Å². The van der Waals surface area contributed by atoms with Crippen LogP contribution in [0.25, 0.3) is 22.2 Å². The van der Waals surface area contributed by atoms with E-state index in [0.29, 0.717) is 25.6 Å². The van der Waals surface area contributed by atoms with Crippen molar-refractivity contribution in [3.63, 3.8) is 0 Å². The van der Waals surface area contributed by atoms with Gasteiger partial charge in [-0.15, -0.1) is 0 Å². The molecule has 3 aromatic carbocycles. The number of aromatic nitrogens is 2. The molecule has 1 saturated heterocycles. The zero-order valence-electron chi connectivity index (χ0n) is 21.7. The van der Waals surface area contributed by atoms with Crippen LogP contribution in [0.1, 0.15) is 35.4 Å². The summed E-state index contributed by atoms with van der Waals surface area (Å²) in [6.45, 7) is 7.40. The molecule has 1 N–H and O–H groups in total. The molecule has 0 bridgehead atoms. The predicted molar refractivity (Wildman–Crippen MR) is 147 cm³/mol. The fraction of sp³-hybridized carbons (Fsp3) is 0.355. The number of aryl methyl sites for hydroxylation is 2. The minimum absolute atomic E-state index is 0.132. The molecule has 1 aromatic heterocycles. The summed E-state index contributed by atoms with van der Waals surface area (Å²) in [4.78, 5) is 25.4. The van der Waals surface area contributed by atoms with Crippen LogP contribution in [0, 0.1) is 19.8 Å². The van der Waals surface area contributed by atoms with Crippen LogP contribution in [-0.2, 0) is 13.0 Å². The Hall–Kier alpha value is -3.80. The van der Waals surface area contributed by atoms with Crippen molar-refractivity contribution in [3.05, 3.63) is 83.2 Å². The predicted octanol–water partition coefficient (Wildman–Crippen LogP) is 6.12. The minimum Gasteiger partial charge on any atom is -0.491 e. The van der Waals surface area contributed by atoms with Gasteiger partial charge in [0.05, 0.1) is 24.1 Å². The van der Waals surface area contributed by atoms with Crippen molar-refractivity contribution in [2.24, 2.45) is 5.92 Å². The van der Waals surface area contributed by atoms with Crippen molar-refractivity contribution >= 4 is 17.1 Å². The number of piperidine rings is 1. The second-order valence-corrected chi connectivity index (χ2v) is 10.5. The third kappa shape index (κ3) is 4.93. The van der Waals surface area contributed by atoms with Crippen LogP contribution < -0.4 is 4.74 Å². The van der Waals surface area contributed by atoms with Gasteiger partial charge in [0, 0.05) is 18.7 Å². The van der Waals surface area contributed by atoms with Crippen molar-refractivity contribution in [3.8, 4) is 16.9 Å². The number of nitrogens with one attached hydrogen (secondary N) is 1. The zero-order chi connectivity index (χ0) is 25.4. The van der Waals surface area contributed by atoms with Gasteiger partial charge in [-0.3, -0.25) is 0 Å². The maximum absolute atomic E-state index is 13.6. The van der Waals surface area contributed by atoms with Crippen LogP contribution in [0.15, 0.2) is 60.7 Å². The Bertz CT molecular complexity index is 1420. The van der Waals surface area contributed by atoms with E-state index in [9.17, 15) is 4.79 Å². The highest BCUT2D eigenvalue weighted by Crippen LogP contribution is 2.34. The first-order valence-corrected chi connectivity index (χ1v) is 13.3. The molecule has 190 valence electrons. The summed E-state index contributed by atoms with van der Waals surface area (Å²) in [6, 6.07) is 21.5. The first-order chi connectivity index (χ1) is 18.0. The fourth-order valence-corrected chi connectivity index (χ4v) is 5.84. The molecule has 37 heavy (non-hydrogen) atoms. The molecule has 0 unspecified atom stereocenters. The first-order valence-electron chi connectivity index (χ1n) is 13.3. The van der Waals surface area contributed by atoms with E-state index >= 15 is 0 Å². The van der Waals surface area contributed by atoms with E-state index in [0.717, 1.165) is 77.2 Å². The number of fused-ring (bicyclic) bond motifs is 2. The minimum atomic E-state index is 0.132. The van der Waals surface area contributed by atoms with Crippen molar-refractivity contribution < 1.29 is 9.53 Å². The van der Waals surface area contributed by atoms with Crippen molar-refractivity contribution in [2.75, 3.05) is 26.2 Å². The Balaban J connectivity index is 1.17. The zero-order valence-corrected chi connectivity index (χ0v) is 21.7. The molecular formula is C31H34N4O2. The number of hydrogen-bond donors (Lipinski definition) is 1. The summed E-state index contributed by atoms with van der Waals surface area (Å²) in [7, 11) is 0. The van der Waals surface area contributed by atoms with E-state index in [-0.39, 0.29) is 6.03 Å². The van der Waals surface area contributed by atoms with Crippen molar-refractivity contribution in [2.45, 2.75) is 39.7 Å². The number of hydrogen-bond acceptors (Lipinski definition) is 3. The van der Waals surface area contributed by atoms with Gasteiger partial charge in [-0.2, -0.15) is 0 Å². The molecule has 0 aliphatic carbocycles. The Kier molecular flexibility index (Phi) is 6.33. The number of aromatic amines is 1. The van der Waals surface area contributed by atoms with Gasteiger partial charge in [0.1, 0.15) is 18.2 Å². The van der Waals surface area contributed by atoms with Gasteiger partial charge >= 0.3 is 6.03 Å². The molecule has 2 amide bonds. The van der Waals surface area contributed by atoms with E-state index < -0.39 is 0 Å². The molecule has 0 radical (unpaired) electrons. The molecule has 0 saturated carbocycles. The average molecular weight is 495 g/mol. The van der Waals surface area contributed by atoms with E-state index in [1.165, 1.54) is 5.56 Å². The number of carbonyl (C=O) groups excluding carboxylic acids is 1. The van der Waals surface area contributed by atoms with Crippen molar-refractivity contribution in [1.29, 1.82) is 0 Å². The standard InChI is InChI=1S/C31H34N4O2/c1-21-16-26(25-8-9-28-29(19-25)33-22(2)32-28)18-27-20-35(14-15-37-30(21)27)31(36)34-12-10-24(11-13-34)17-23-6-4-3-5-7-23/h3-9,16,18-19,24H,10-15,17,20H2,1-2H3,(H,32,33). The van der Waals surface area contributed by atoms with Gasteiger partial charge in [-0.25, -0.2) is 9.78 Å². The number of nitrogens with zero attached hydrogens (tertiary/aromatic N) is 3. The number of ether oxygens (including phenoxy) is 1. The number of benzene rings is 3. The van der Waals surface area contributed by atoms with Gasteiger partial charge in [0.25, 0.3) is 0 Å². The second-order valence-electron chi connectivity index (χ2n) is 10.5. The molecule has 1 fully saturated rings. The molecule has 2 aliphatic rings. The summed E-state index contributed by atoms with van der Waals surface area (Å²) in [5.41, 5.74) is 7.83. The first kappa shape index (κ1) is 23.6. The lowest BCUT2D eigenvalue weighted by molar-refractivity contribution is 0.127. The van der Waals surface area contributed by atoms with Crippen LogP contribution in [0.4, 0.5) is 4.79 Å². The average Bonchev–Trinajstić information content (AvgIpc) is 3.14. The molecular weight excluding hydrogens is 460 g/mol. The largest absolute Gasteiger partial charge is 0.491 e. The summed E-state index contributed by atoms with van der Waals surface area (Å²) in [5.74, 6) is 2.47. The van der Waals surface area contributed by atoms with Crippen LogP contribution >= 0.6 is 0 Å². The van der Waals surface area contributed by atoms with Gasteiger partial charge in [-0.1, -0.05) is 36.4 Å². The Morgan fingerprint density at radius 3 is 2.59 bits per heavy atom. The molecule has 3 heterocycles. The van der Waals surface area contributed by atoms with E-state index in [4.69, 9.17) is 4.74 Å². The Morgan fingerprint density at radius 1 is 0.973 bits per heavy atom.